The first-order chi connectivity index (χ1) is 10.1. The molecular weight excluding hydrogens is 342 g/mol. The summed E-state index contributed by atoms with van der Waals surface area (Å²) in [7, 11) is 0. The van der Waals surface area contributed by atoms with Gasteiger partial charge in [0.1, 0.15) is 11.6 Å². The van der Waals surface area contributed by atoms with E-state index in [4.69, 9.17) is 9.47 Å². The largest absolute Gasteiger partial charge is 0.490 e. The Balaban J connectivity index is 1.94. The summed E-state index contributed by atoms with van der Waals surface area (Å²) >= 11 is 3.46. The van der Waals surface area contributed by atoms with Crippen LogP contribution in [0.3, 0.4) is 0 Å². The predicted molar refractivity (Wildman–Crippen MR) is 79.2 cm³/mol. The predicted octanol–water partition coefficient (Wildman–Crippen LogP) is 4.61. The standard InChI is InChI=1S/C16H13BrF2O2/c17-16(12-4-3-11(18)9-13(12)19)10-2-5-14-15(8-10)21-7-1-6-20-14/h2-5,8-9,16H,1,6-7H2. The second kappa shape index (κ2) is 6.02. The molecule has 5 heteroatoms. The van der Waals surface area contributed by atoms with Gasteiger partial charge in [-0.05, 0) is 23.8 Å². The molecule has 0 fully saturated rings. The summed E-state index contributed by atoms with van der Waals surface area (Å²) < 4.78 is 38.0. The van der Waals surface area contributed by atoms with Crippen molar-refractivity contribution in [3.8, 4) is 11.5 Å². The molecule has 1 aliphatic heterocycles. The molecule has 1 heterocycles. The molecule has 0 saturated heterocycles. The molecule has 21 heavy (non-hydrogen) atoms. The Hall–Kier alpha value is -1.62. The minimum Gasteiger partial charge on any atom is -0.490 e. The third-order valence-corrected chi connectivity index (χ3v) is 4.32. The van der Waals surface area contributed by atoms with Gasteiger partial charge in [-0.15, -0.1) is 0 Å². The Morgan fingerprint density at radius 2 is 1.71 bits per heavy atom. The fourth-order valence-corrected chi connectivity index (χ4v) is 2.88. The lowest BCUT2D eigenvalue weighted by Gasteiger charge is -2.14. The van der Waals surface area contributed by atoms with Crippen molar-refractivity contribution in [1.29, 1.82) is 0 Å². The zero-order chi connectivity index (χ0) is 14.8. The van der Waals surface area contributed by atoms with Gasteiger partial charge < -0.3 is 9.47 Å². The van der Waals surface area contributed by atoms with Crippen LogP contribution in [0.4, 0.5) is 8.78 Å². The third kappa shape index (κ3) is 3.02. The van der Waals surface area contributed by atoms with E-state index in [-0.39, 0.29) is 4.83 Å². The number of fused-ring (bicyclic) bond motifs is 1. The van der Waals surface area contributed by atoms with Crippen molar-refractivity contribution in [3.05, 3.63) is 59.2 Å². The molecule has 0 N–H and O–H groups in total. The molecule has 0 spiro atoms. The van der Waals surface area contributed by atoms with Crippen LogP contribution in [0.25, 0.3) is 0 Å². The highest BCUT2D eigenvalue weighted by Crippen LogP contribution is 2.38. The average Bonchev–Trinajstić information content (AvgIpc) is 2.71. The Morgan fingerprint density at radius 3 is 2.48 bits per heavy atom. The van der Waals surface area contributed by atoms with E-state index in [1.165, 1.54) is 12.1 Å². The van der Waals surface area contributed by atoms with Gasteiger partial charge in [0.05, 0.1) is 18.0 Å². The Morgan fingerprint density at radius 1 is 0.952 bits per heavy atom. The van der Waals surface area contributed by atoms with Gasteiger partial charge in [-0.2, -0.15) is 0 Å². The third-order valence-electron chi connectivity index (χ3n) is 3.30. The second-order valence-corrected chi connectivity index (χ2v) is 5.70. The van der Waals surface area contributed by atoms with Gasteiger partial charge in [0.15, 0.2) is 11.5 Å². The van der Waals surface area contributed by atoms with Crippen LogP contribution in [0.1, 0.15) is 22.4 Å². The van der Waals surface area contributed by atoms with E-state index in [0.29, 0.717) is 30.3 Å². The van der Waals surface area contributed by atoms with Gasteiger partial charge in [-0.3, -0.25) is 0 Å². The summed E-state index contributed by atoms with van der Waals surface area (Å²) in [6.45, 7) is 1.21. The lowest BCUT2D eigenvalue weighted by Crippen LogP contribution is -1.99. The van der Waals surface area contributed by atoms with Crippen LogP contribution in [0.15, 0.2) is 36.4 Å². The van der Waals surface area contributed by atoms with E-state index in [1.807, 2.05) is 18.2 Å². The molecule has 3 rings (SSSR count). The van der Waals surface area contributed by atoms with Crippen molar-refractivity contribution < 1.29 is 18.3 Å². The van der Waals surface area contributed by atoms with E-state index in [0.717, 1.165) is 18.1 Å². The summed E-state index contributed by atoms with van der Waals surface area (Å²) in [5, 5.41) is 0. The smallest absolute Gasteiger partial charge is 0.161 e. The van der Waals surface area contributed by atoms with Crippen LogP contribution in [0.2, 0.25) is 0 Å². The monoisotopic (exact) mass is 354 g/mol. The van der Waals surface area contributed by atoms with Crippen LogP contribution in [-0.2, 0) is 0 Å². The SMILES string of the molecule is Fc1ccc(C(Br)c2ccc3c(c2)OCCCO3)c(F)c1. The van der Waals surface area contributed by atoms with Gasteiger partial charge in [0, 0.05) is 18.1 Å². The van der Waals surface area contributed by atoms with Crippen molar-refractivity contribution in [1.82, 2.24) is 0 Å². The van der Waals surface area contributed by atoms with Gasteiger partial charge in [-0.1, -0.05) is 28.1 Å². The normalized spacial score (nSPS) is 15.4. The quantitative estimate of drug-likeness (QED) is 0.733. The molecule has 1 unspecified atom stereocenters. The molecule has 0 radical (unpaired) electrons. The van der Waals surface area contributed by atoms with E-state index >= 15 is 0 Å². The molecule has 0 amide bonds. The van der Waals surface area contributed by atoms with Crippen LogP contribution >= 0.6 is 15.9 Å². The number of benzene rings is 2. The lowest BCUT2D eigenvalue weighted by molar-refractivity contribution is 0.297. The molecular formula is C16H13BrF2O2. The van der Waals surface area contributed by atoms with Crippen molar-refractivity contribution in [3.63, 3.8) is 0 Å². The highest BCUT2D eigenvalue weighted by Gasteiger charge is 2.18. The molecule has 0 saturated carbocycles. The van der Waals surface area contributed by atoms with Gasteiger partial charge in [0.25, 0.3) is 0 Å². The summed E-state index contributed by atoms with van der Waals surface area (Å²) in [6, 6.07) is 9.04. The van der Waals surface area contributed by atoms with Gasteiger partial charge in [-0.25, -0.2) is 8.78 Å². The summed E-state index contributed by atoms with van der Waals surface area (Å²) in [4.78, 5) is -0.379. The van der Waals surface area contributed by atoms with Crippen LogP contribution < -0.4 is 9.47 Å². The number of hydrogen-bond acceptors (Lipinski definition) is 2. The number of alkyl halides is 1. The molecule has 0 bridgehead atoms. The minimum absolute atomic E-state index is 0.379. The Bertz CT molecular complexity index is 661. The van der Waals surface area contributed by atoms with Crippen LogP contribution in [0.5, 0.6) is 11.5 Å². The lowest BCUT2D eigenvalue weighted by atomic mass is 10.0. The first-order valence-corrected chi connectivity index (χ1v) is 7.55. The molecule has 2 nitrogen and oxygen atoms in total. The number of ether oxygens (including phenoxy) is 2. The fraction of sp³-hybridized carbons (Fsp3) is 0.250. The van der Waals surface area contributed by atoms with Crippen molar-refractivity contribution in [2.75, 3.05) is 13.2 Å². The first-order valence-electron chi connectivity index (χ1n) is 6.64. The van der Waals surface area contributed by atoms with E-state index in [2.05, 4.69) is 15.9 Å². The highest BCUT2D eigenvalue weighted by atomic mass is 79.9. The second-order valence-electron chi connectivity index (χ2n) is 4.79. The maximum atomic E-state index is 13.9. The number of hydrogen-bond donors (Lipinski definition) is 0. The fourth-order valence-electron chi connectivity index (χ4n) is 2.22. The molecule has 2 aromatic rings. The van der Waals surface area contributed by atoms with Crippen molar-refractivity contribution in [2.24, 2.45) is 0 Å². The minimum atomic E-state index is -0.588. The molecule has 0 aliphatic carbocycles. The van der Waals surface area contributed by atoms with Gasteiger partial charge in [0.2, 0.25) is 0 Å². The van der Waals surface area contributed by atoms with Crippen molar-refractivity contribution in [2.45, 2.75) is 11.2 Å². The van der Waals surface area contributed by atoms with Gasteiger partial charge >= 0.3 is 0 Å². The topological polar surface area (TPSA) is 18.5 Å². The summed E-state index contributed by atoms with van der Waals surface area (Å²) in [5.74, 6) is 0.172. The molecule has 110 valence electrons. The zero-order valence-electron chi connectivity index (χ0n) is 11.1. The molecule has 0 aromatic heterocycles. The van der Waals surface area contributed by atoms with E-state index in [9.17, 15) is 8.78 Å². The number of rotatable bonds is 2. The number of halogens is 3. The van der Waals surface area contributed by atoms with Crippen LogP contribution in [0, 0.1) is 11.6 Å². The first kappa shape index (κ1) is 14.3. The highest BCUT2D eigenvalue weighted by molar-refractivity contribution is 9.09. The Kier molecular flexibility index (Phi) is 4.10. The molecule has 1 atom stereocenters. The van der Waals surface area contributed by atoms with Crippen molar-refractivity contribution >= 4 is 15.9 Å². The maximum Gasteiger partial charge on any atom is 0.161 e. The van der Waals surface area contributed by atoms with E-state index in [1.54, 1.807) is 0 Å². The van der Waals surface area contributed by atoms with Crippen LogP contribution in [-0.4, -0.2) is 13.2 Å². The maximum absolute atomic E-state index is 13.9. The summed E-state index contributed by atoms with van der Waals surface area (Å²) in [6.07, 6.45) is 0.828. The molecule has 2 aromatic carbocycles. The van der Waals surface area contributed by atoms with E-state index < -0.39 is 11.6 Å². The summed E-state index contributed by atoms with van der Waals surface area (Å²) in [5.41, 5.74) is 1.20. The molecule has 1 aliphatic rings. The zero-order valence-corrected chi connectivity index (χ0v) is 12.7. The Labute approximate surface area is 129 Å². The average molecular weight is 355 g/mol.